The van der Waals surface area contributed by atoms with Gasteiger partial charge in [0.2, 0.25) is 0 Å². The Morgan fingerprint density at radius 3 is 3.21 bits per heavy atom. The van der Waals surface area contributed by atoms with Crippen molar-refractivity contribution in [2.24, 2.45) is 5.73 Å². The second kappa shape index (κ2) is 5.80. The van der Waals surface area contributed by atoms with E-state index in [1.165, 1.54) is 24.9 Å². The second-order valence-corrected chi connectivity index (χ2v) is 6.10. The lowest BCUT2D eigenvalue weighted by atomic mass is 10.0. The standard InChI is InChI=1S/C15H21ClN2O/c16-12-4-1-3-11(7-12)8-14(17)15-9-18-6-2-5-13(18)10-19-15/h1,3-4,7,13-15H,2,5-6,8-10,17H2. The van der Waals surface area contributed by atoms with E-state index in [4.69, 9.17) is 22.1 Å². The van der Waals surface area contributed by atoms with Crippen molar-refractivity contribution >= 4 is 11.6 Å². The summed E-state index contributed by atoms with van der Waals surface area (Å²) < 4.78 is 5.96. The molecule has 2 aliphatic rings. The van der Waals surface area contributed by atoms with Crippen LogP contribution in [0.15, 0.2) is 24.3 Å². The first-order chi connectivity index (χ1) is 9.22. The van der Waals surface area contributed by atoms with E-state index in [1.807, 2.05) is 18.2 Å². The van der Waals surface area contributed by atoms with Crippen molar-refractivity contribution in [2.45, 2.75) is 37.5 Å². The van der Waals surface area contributed by atoms with Crippen LogP contribution in [-0.4, -0.2) is 42.8 Å². The fraction of sp³-hybridized carbons (Fsp3) is 0.600. The van der Waals surface area contributed by atoms with E-state index in [-0.39, 0.29) is 12.1 Å². The van der Waals surface area contributed by atoms with Gasteiger partial charge in [-0.15, -0.1) is 0 Å². The Bertz CT molecular complexity index is 440. The molecule has 2 N–H and O–H groups in total. The molecule has 1 aromatic rings. The number of nitrogens with two attached hydrogens (primary N) is 1. The van der Waals surface area contributed by atoms with Gasteiger partial charge in [0, 0.05) is 23.7 Å². The Morgan fingerprint density at radius 2 is 2.37 bits per heavy atom. The van der Waals surface area contributed by atoms with E-state index in [0.717, 1.165) is 24.6 Å². The molecule has 2 heterocycles. The van der Waals surface area contributed by atoms with Gasteiger partial charge in [0.15, 0.2) is 0 Å². The van der Waals surface area contributed by atoms with Crippen LogP contribution in [0.1, 0.15) is 18.4 Å². The summed E-state index contributed by atoms with van der Waals surface area (Å²) in [5, 5.41) is 0.772. The molecule has 0 radical (unpaired) electrons. The maximum atomic E-state index is 6.32. The molecule has 4 heteroatoms. The molecule has 0 spiro atoms. The minimum atomic E-state index is 0.0417. The van der Waals surface area contributed by atoms with Crippen LogP contribution in [0.2, 0.25) is 5.02 Å². The van der Waals surface area contributed by atoms with Crippen molar-refractivity contribution in [3.63, 3.8) is 0 Å². The first kappa shape index (κ1) is 13.4. The number of rotatable bonds is 3. The van der Waals surface area contributed by atoms with Crippen LogP contribution >= 0.6 is 11.6 Å². The molecule has 104 valence electrons. The zero-order valence-corrected chi connectivity index (χ0v) is 11.9. The van der Waals surface area contributed by atoms with Crippen molar-refractivity contribution in [1.82, 2.24) is 4.90 Å². The third kappa shape index (κ3) is 3.11. The van der Waals surface area contributed by atoms with E-state index in [9.17, 15) is 0 Å². The van der Waals surface area contributed by atoms with Gasteiger partial charge in [-0.3, -0.25) is 4.90 Å². The summed E-state index contributed by atoms with van der Waals surface area (Å²) in [6.45, 7) is 3.02. The number of nitrogens with zero attached hydrogens (tertiary/aromatic N) is 1. The molecule has 0 aromatic heterocycles. The number of halogens is 1. The van der Waals surface area contributed by atoms with Gasteiger partial charge < -0.3 is 10.5 Å². The number of ether oxygens (including phenoxy) is 1. The average molecular weight is 281 g/mol. The molecule has 3 unspecified atom stereocenters. The van der Waals surface area contributed by atoms with Gasteiger partial charge in [-0.1, -0.05) is 23.7 Å². The Hall–Kier alpha value is -0.610. The lowest BCUT2D eigenvalue weighted by Gasteiger charge is -2.37. The Morgan fingerprint density at radius 1 is 1.47 bits per heavy atom. The molecule has 1 aromatic carbocycles. The highest BCUT2D eigenvalue weighted by atomic mass is 35.5. The third-order valence-electron chi connectivity index (χ3n) is 4.25. The predicted molar refractivity (Wildman–Crippen MR) is 77.5 cm³/mol. The summed E-state index contributed by atoms with van der Waals surface area (Å²) in [6.07, 6.45) is 3.54. The highest BCUT2D eigenvalue weighted by molar-refractivity contribution is 6.30. The number of fused-ring (bicyclic) bond motifs is 1. The number of morpholine rings is 1. The predicted octanol–water partition coefficient (Wildman–Crippen LogP) is 2.07. The maximum absolute atomic E-state index is 6.32. The normalized spacial score (nSPS) is 29.2. The Labute approximate surface area is 119 Å². The minimum absolute atomic E-state index is 0.0417. The molecule has 0 saturated carbocycles. The molecule has 2 aliphatic heterocycles. The second-order valence-electron chi connectivity index (χ2n) is 5.66. The van der Waals surface area contributed by atoms with Gasteiger partial charge in [-0.05, 0) is 43.5 Å². The third-order valence-corrected chi connectivity index (χ3v) is 4.49. The van der Waals surface area contributed by atoms with Gasteiger partial charge in [0.05, 0.1) is 12.7 Å². The molecule has 3 atom stereocenters. The SMILES string of the molecule is NC(Cc1cccc(Cl)c1)C1CN2CCCC2CO1. The topological polar surface area (TPSA) is 38.5 Å². The largest absolute Gasteiger partial charge is 0.374 e. The van der Waals surface area contributed by atoms with Crippen LogP contribution in [0.5, 0.6) is 0 Å². The first-order valence-electron chi connectivity index (χ1n) is 7.08. The van der Waals surface area contributed by atoms with E-state index < -0.39 is 0 Å². The van der Waals surface area contributed by atoms with Crippen LogP contribution in [0, 0.1) is 0 Å². The molecule has 0 amide bonds. The molecule has 0 bridgehead atoms. The summed E-state index contributed by atoms with van der Waals surface area (Å²) in [6, 6.07) is 8.61. The van der Waals surface area contributed by atoms with Gasteiger partial charge in [0.25, 0.3) is 0 Å². The summed E-state index contributed by atoms with van der Waals surface area (Å²) in [4.78, 5) is 2.53. The van der Waals surface area contributed by atoms with E-state index in [0.29, 0.717) is 6.04 Å². The Kier molecular flexibility index (Phi) is 4.08. The molecular weight excluding hydrogens is 260 g/mol. The summed E-state index contributed by atoms with van der Waals surface area (Å²) >= 11 is 6.01. The van der Waals surface area contributed by atoms with Gasteiger partial charge in [-0.2, -0.15) is 0 Å². The average Bonchev–Trinajstić information content (AvgIpc) is 2.85. The summed E-state index contributed by atoms with van der Waals surface area (Å²) in [7, 11) is 0. The molecule has 3 nitrogen and oxygen atoms in total. The van der Waals surface area contributed by atoms with E-state index >= 15 is 0 Å². The lowest BCUT2D eigenvalue weighted by molar-refractivity contribution is -0.0589. The summed E-state index contributed by atoms with van der Waals surface area (Å²) in [5.74, 6) is 0. The molecular formula is C15H21ClN2O. The van der Waals surface area contributed by atoms with Crippen molar-refractivity contribution in [2.75, 3.05) is 19.7 Å². The van der Waals surface area contributed by atoms with Crippen LogP contribution in [0.3, 0.4) is 0 Å². The molecule has 19 heavy (non-hydrogen) atoms. The monoisotopic (exact) mass is 280 g/mol. The van der Waals surface area contributed by atoms with Crippen molar-refractivity contribution in [3.05, 3.63) is 34.9 Å². The fourth-order valence-electron chi connectivity index (χ4n) is 3.17. The van der Waals surface area contributed by atoms with E-state index in [2.05, 4.69) is 11.0 Å². The van der Waals surface area contributed by atoms with E-state index in [1.54, 1.807) is 0 Å². The highest BCUT2D eigenvalue weighted by Crippen LogP contribution is 2.24. The minimum Gasteiger partial charge on any atom is -0.374 e. The molecule has 0 aliphatic carbocycles. The summed E-state index contributed by atoms with van der Waals surface area (Å²) in [5.41, 5.74) is 7.51. The Balaban J connectivity index is 1.59. The zero-order valence-electron chi connectivity index (χ0n) is 11.1. The van der Waals surface area contributed by atoms with Gasteiger partial charge in [0.1, 0.15) is 0 Å². The first-order valence-corrected chi connectivity index (χ1v) is 7.46. The van der Waals surface area contributed by atoms with Crippen molar-refractivity contribution in [3.8, 4) is 0 Å². The van der Waals surface area contributed by atoms with Crippen LogP contribution in [-0.2, 0) is 11.2 Å². The van der Waals surface area contributed by atoms with Crippen LogP contribution in [0.4, 0.5) is 0 Å². The fourth-order valence-corrected chi connectivity index (χ4v) is 3.38. The number of hydrogen-bond donors (Lipinski definition) is 1. The highest BCUT2D eigenvalue weighted by Gasteiger charge is 2.34. The van der Waals surface area contributed by atoms with Gasteiger partial charge in [-0.25, -0.2) is 0 Å². The quantitative estimate of drug-likeness (QED) is 0.921. The van der Waals surface area contributed by atoms with Crippen LogP contribution < -0.4 is 5.73 Å². The van der Waals surface area contributed by atoms with Crippen molar-refractivity contribution < 1.29 is 4.74 Å². The smallest absolute Gasteiger partial charge is 0.0856 e. The van der Waals surface area contributed by atoms with Crippen LogP contribution in [0.25, 0.3) is 0 Å². The molecule has 2 saturated heterocycles. The van der Waals surface area contributed by atoms with Gasteiger partial charge >= 0.3 is 0 Å². The molecule has 2 fully saturated rings. The number of hydrogen-bond acceptors (Lipinski definition) is 3. The van der Waals surface area contributed by atoms with Crippen molar-refractivity contribution in [1.29, 1.82) is 0 Å². The lowest BCUT2D eigenvalue weighted by Crippen LogP contribution is -2.53. The maximum Gasteiger partial charge on any atom is 0.0856 e. The number of benzene rings is 1. The zero-order chi connectivity index (χ0) is 13.2. The molecule has 3 rings (SSSR count).